The molecule has 2 rings (SSSR count). The van der Waals surface area contributed by atoms with Gasteiger partial charge in [0.2, 0.25) is 0 Å². The number of hydrogen-bond acceptors (Lipinski definition) is 4. The molecule has 0 fully saturated rings. The van der Waals surface area contributed by atoms with Gasteiger partial charge in [-0.05, 0) is 18.2 Å². The zero-order chi connectivity index (χ0) is 9.97. The molecule has 1 aromatic carbocycles. The Hall–Kier alpha value is -1.39. The van der Waals surface area contributed by atoms with Crippen LogP contribution in [0, 0.1) is 0 Å². The van der Waals surface area contributed by atoms with Crippen molar-refractivity contribution in [1.82, 2.24) is 10.2 Å². The van der Waals surface area contributed by atoms with Crippen LogP contribution in [-0.2, 0) is 4.84 Å². The van der Waals surface area contributed by atoms with Crippen LogP contribution in [0.2, 0.25) is 5.02 Å². The van der Waals surface area contributed by atoms with Gasteiger partial charge in [0.25, 0.3) is 0 Å². The fourth-order valence-electron chi connectivity index (χ4n) is 1.22. The summed E-state index contributed by atoms with van der Waals surface area (Å²) in [4.78, 5) is 4.81. The molecule has 0 unspecified atom stereocenters. The van der Waals surface area contributed by atoms with Crippen LogP contribution in [0.25, 0.3) is 10.9 Å². The van der Waals surface area contributed by atoms with Gasteiger partial charge in [0.15, 0.2) is 0 Å². The maximum atomic E-state index is 5.87. The Balaban J connectivity index is 2.64. The standard InChI is InChI=1S/C9H8ClN3O/c1-14-13-9-5-11-12-8-3-2-6(10)4-7(8)9/h2-5H,1H3,(H,12,13). The Labute approximate surface area is 85.8 Å². The van der Waals surface area contributed by atoms with E-state index in [9.17, 15) is 0 Å². The van der Waals surface area contributed by atoms with Crippen molar-refractivity contribution in [2.75, 3.05) is 12.6 Å². The average Bonchev–Trinajstić information content (AvgIpc) is 2.19. The van der Waals surface area contributed by atoms with Crippen molar-refractivity contribution in [3.8, 4) is 0 Å². The van der Waals surface area contributed by atoms with Gasteiger partial charge in [0, 0.05) is 10.4 Å². The van der Waals surface area contributed by atoms with E-state index >= 15 is 0 Å². The molecule has 1 heterocycles. The maximum absolute atomic E-state index is 5.87. The first-order valence-electron chi connectivity index (χ1n) is 4.01. The largest absolute Gasteiger partial charge is 0.279 e. The zero-order valence-electron chi connectivity index (χ0n) is 7.49. The molecule has 0 radical (unpaired) electrons. The molecule has 0 aliphatic rings. The molecule has 2 aromatic rings. The number of hydrogen-bond donors (Lipinski definition) is 1. The Bertz CT molecular complexity index is 461. The van der Waals surface area contributed by atoms with Gasteiger partial charge < -0.3 is 0 Å². The van der Waals surface area contributed by atoms with Crippen LogP contribution in [0.15, 0.2) is 24.4 Å². The SMILES string of the molecule is CONc1cnnc2ccc(Cl)cc12. The van der Waals surface area contributed by atoms with E-state index in [0.29, 0.717) is 5.02 Å². The summed E-state index contributed by atoms with van der Waals surface area (Å²) < 4.78 is 0. The van der Waals surface area contributed by atoms with E-state index in [-0.39, 0.29) is 0 Å². The van der Waals surface area contributed by atoms with Crippen LogP contribution in [-0.4, -0.2) is 17.3 Å². The monoisotopic (exact) mass is 209 g/mol. The summed E-state index contributed by atoms with van der Waals surface area (Å²) in [5, 5.41) is 9.33. The predicted molar refractivity (Wildman–Crippen MR) is 55.2 cm³/mol. The van der Waals surface area contributed by atoms with Crippen LogP contribution in [0.5, 0.6) is 0 Å². The molecule has 1 aromatic heterocycles. The maximum Gasteiger partial charge on any atom is 0.0952 e. The number of nitrogens with one attached hydrogen (secondary N) is 1. The van der Waals surface area contributed by atoms with Crippen LogP contribution < -0.4 is 5.48 Å². The fourth-order valence-corrected chi connectivity index (χ4v) is 1.39. The van der Waals surface area contributed by atoms with E-state index in [4.69, 9.17) is 16.4 Å². The lowest BCUT2D eigenvalue weighted by atomic mass is 10.2. The molecule has 0 bridgehead atoms. The van der Waals surface area contributed by atoms with Gasteiger partial charge in [-0.2, -0.15) is 10.2 Å². The summed E-state index contributed by atoms with van der Waals surface area (Å²) in [6, 6.07) is 5.40. The average molecular weight is 210 g/mol. The van der Waals surface area contributed by atoms with E-state index in [1.807, 2.05) is 12.1 Å². The van der Waals surface area contributed by atoms with Gasteiger partial charge in [0.1, 0.15) is 0 Å². The molecular formula is C9H8ClN3O. The lowest BCUT2D eigenvalue weighted by molar-refractivity contribution is 0.271. The van der Waals surface area contributed by atoms with Crippen molar-refractivity contribution in [2.24, 2.45) is 0 Å². The molecule has 0 aliphatic carbocycles. The quantitative estimate of drug-likeness (QED) is 0.771. The Kier molecular flexibility index (Phi) is 2.47. The van der Waals surface area contributed by atoms with E-state index in [1.165, 1.54) is 7.11 Å². The van der Waals surface area contributed by atoms with Gasteiger partial charge in [-0.1, -0.05) is 11.6 Å². The summed E-state index contributed by atoms with van der Waals surface area (Å²) in [6.45, 7) is 0. The molecule has 4 nitrogen and oxygen atoms in total. The van der Waals surface area contributed by atoms with Crippen LogP contribution in [0.4, 0.5) is 5.69 Å². The normalized spacial score (nSPS) is 10.4. The Morgan fingerprint density at radius 2 is 2.29 bits per heavy atom. The minimum Gasteiger partial charge on any atom is -0.279 e. The molecule has 72 valence electrons. The Morgan fingerprint density at radius 1 is 1.43 bits per heavy atom. The number of aromatic nitrogens is 2. The number of anilines is 1. The van der Waals surface area contributed by atoms with Crippen LogP contribution >= 0.6 is 11.6 Å². The summed E-state index contributed by atoms with van der Waals surface area (Å²) in [6.07, 6.45) is 1.59. The third kappa shape index (κ3) is 1.62. The molecule has 1 N–H and O–H groups in total. The molecule has 0 saturated carbocycles. The summed E-state index contributed by atoms with van der Waals surface area (Å²) in [7, 11) is 1.54. The molecule has 0 saturated heterocycles. The van der Waals surface area contributed by atoms with Crippen molar-refractivity contribution in [3.63, 3.8) is 0 Å². The van der Waals surface area contributed by atoms with Gasteiger partial charge in [-0.3, -0.25) is 10.3 Å². The van der Waals surface area contributed by atoms with Crippen LogP contribution in [0.1, 0.15) is 0 Å². The highest BCUT2D eigenvalue weighted by Gasteiger charge is 2.02. The van der Waals surface area contributed by atoms with Crippen molar-refractivity contribution in [2.45, 2.75) is 0 Å². The molecule has 0 atom stereocenters. The third-order valence-electron chi connectivity index (χ3n) is 1.81. The van der Waals surface area contributed by atoms with Gasteiger partial charge >= 0.3 is 0 Å². The predicted octanol–water partition coefficient (Wildman–Crippen LogP) is 2.26. The molecule has 14 heavy (non-hydrogen) atoms. The molecular weight excluding hydrogens is 202 g/mol. The molecule has 5 heteroatoms. The van der Waals surface area contributed by atoms with Crippen molar-refractivity contribution in [1.29, 1.82) is 0 Å². The molecule has 0 amide bonds. The summed E-state index contributed by atoms with van der Waals surface area (Å²) >= 11 is 5.87. The second-order valence-corrected chi connectivity index (χ2v) is 3.16. The van der Waals surface area contributed by atoms with Crippen molar-refractivity contribution >= 4 is 28.2 Å². The Morgan fingerprint density at radius 3 is 3.07 bits per heavy atom. The number of nitrogens with zero attached hydrogens (tertiary/aromatic N) is 2. The number of fused-ring (bicyclic) bond motifs is 1. The topological polar surface area (TPSA) is 47.0 Å². The highest BCUT2D eigenvalue weighted by atomic mass is 35.5. The van der Waals surface area contributed by atoms with E-state index in [0.717, 1.165) is 16.6 Å². The molecule has 0 aliphatic heterocycles. The van der Waals surface area contributed by atoms with Crippen molar-refractivity contribution in [3.05, 3.63) is 29.4 Å². The molecule has 0 spiro atoms. The summed E-state index contributed by atoms with van der Waals surface area (Å²) in [5.41, 5.74) is 4.24. The third-order valence-corrected chi connectivity index (χ3v) is 2.05. The van der Waals surface area contributed by atoms with E-state index in [1.54, 1.807) is 12.3 Å². The fraction of sp³-hybridized carbons (Fsp3) is 0.111. The zero-order valence-corrected chi connectivity index (χ0v) is 8.25. The number of rotatable bonds is 2. The smallest absolute Gasteiger partial charge is 0.0952 e. The van der Waals surface area contributed by atoms with Gasteiger partial charge in [-0.15, -0.1) is 0 Å². The lowest BCUT2D eigenvalue weighted by Gasteiger charge is -2.05. The first kappa shape index (κ1) is 9.18. The number of halogens is 1. The van der Waals surface area contributed by atoms with E-state index in [2.05, 4.69) is 15.7 Å². The highest BCUT2D eigenvalue weighted by molar-refractivity contribution is 6.31. The van der Waals surface area contributed by atoms with Gasteiger partial charge in [0.05, 0.1) is 24.5 Å². The first-order chi connectivity index (χ1) is 6.81. The first-order valence-corrected chi connectivity index (χ1v) is 4.39. The highest BCUT2D eigenvalue weighted by Crippen LogP contribution is 2.23. The second kappa shape index (κ2) is 3.77. The van der Waals surface area contributed by atoms with Crippen LogP contribution in [0.3, 0.4) is 0 Å². The summed E-state index contributed by atoms with van der Waals surface area (Å²) in [5.74, 6) is 0. The van der Waals surface area contributed by atoms with Gasteiger partial charge in [-0.25, -0.2) is 0 Å². The minimum absolute atomic E-state index is 0.657. The number of benzene rings is 1. The van der Waals surface area contributed by atoms with Crippen molar-refractivity contribution < 1.29 is 4.84 Å². The van der Waals surface area contributed by atoms with E-state index < -0.39 is 0 Å². The second-order valence-electron chi connectivity index (χ2n) is 2.73. The minimum atomic E-state index is 0.657. The lowest BCUT2D eigenvalue weighted by Crippen LogP contribution is -1.98.